The number of hydrogen-bond acceptors (Lipinski definition) is 4. The number of benzene rings is 1. The van der Waals surface area contributed by atoms with E-state index in [9.17, 15) is 14.4 Å². The van der Waals surface area contributed by atoms with E-state index in [0.717, 1.165) is 4.57 Å². The second kappa shape index (κ2) is 4.63. The van der Waals surface area contributed by atoms with Crippen LogP contribution >= 0.6 is 0 Å². The van der Waals surface area contributed by atoms with Crippen molar-refractivity contribution in [3.05, 3.63) is 44.6 Å². The van der Waals surface area contributed by atoms with Crippen molar-refractivity contribution in [3.63, 3.8) is 0 Å². The lowest BCUT2D eigenvalue weighted by Crippen LogP contribution is -2.44. The van der Waals surface area contributed by atoms with Gasteiger partial charge in [-0.1, -0.05) is 0 Å². The normalized spacial score (nSPS) is 11.6. The van der Waals surface area contributed by atoms with Gasteiger partial charge in [0.2, 0.25) is 0 Å². The third-order valence-electron chi connectivity index (χ3n) is 2.99. The van der Waals surface area contributed by atoms with E-state index in [-0.39, 0.29) is 10.9 Å². The quantitative estimate of drug-likeness (QED) is 0.794. The smallest absolute Gasteiger partial charge is 0.337 e. The summed E-state index contributed by atoms with van der Waals surface area (Å²) >= 11 is 0. The molecule has 20 heavy (non-hydrogen) atoms. The van der Waals surface area contributed by atoms with Gasteiger partial charge in [-0.15, -0.1) is 0 Å². The van der Waals surface area contributed by atoms with Crippen LogP contribution in [0.2, 0.25) is 0 Å². The second-order valence-electron chi connectivity index (χ2n) is 5.49. The lowest BCUT2D eigenvalue weighted by atomic mass is 10.1. The first-order chi connectivity index (χ1) is 9.25. The topological polar surface area (TPSA) is 81.2 Å². The summed E-state index contributed by atoms with van der Waals surface area (Å²) < 4.78 is 5.76. The van der Waals surface area contributed by atoms with Gasteiger partial charge in [-0.05, 0) is 39.0 Å². The third kappa shape index (κ3) is 2.24. The number of ether oxygens (including phenoxy) is 1. The van der Waals surface area contributed by atoms with Gasteiger partial charge in [-0.25, -0.2) is 9.59 Å². The van der Waals surface area contributed by atoms with Crippen molar-refractivity contribution in [2.75, 3.05) is 7.11 Å². The van der Waals surface area contributed by atoms with E-state index >= 15 is 0 Å². The van der Waals surface area contributed by atoms with E-state index in [2.05, 4.69) is 9.72 Å². The summed E-state index contributed by atoms with van der Waals surface area (Å²) in [6.07, 6.45) is 0. The first-order valence-electron chi connectivity index (χ1n) is 6.13. The number of aromatic nitrogens is 2. The summed E-state index contributed by atoms with van der Waals surface area (Å²) in [5, 5.41) is 0.280. The van der Waals surface area contributed by atoms with Crippen LogP contribution in [0.5, 0.6) is 0 Å². The first kappa shape index (κ1) is 14.0. The van der Waals surface area contributed by atoms with Gasteiger partial charge in [0.25, 0.3) is 5.56 Å². The minimum absolute atomic E-state index is 0.268. The van der Waals surface area contributed by atoms with Gasteiger partial charge in [0.1, 0.15) is 0 Å². The Labute approximate surface area is 115 Å². The van der Waals surface area contributed by atoms with Crippen LogP contribution in [0.15, 0.2) is 27.8 Å². The predicted octanol–water partition coefficient (Wildman–Crippen LogP) is 1.23. The number of methoxy groups -OCH3 is 1. The van der Waals surface area contributed by atoms with Crippen LogP contribution in [-0.2, 0) is 10.3 Å². The van der Waals surface area contributed by atoms with Crippen molar-refractivity contribution in [2.45, 2.75) is 26.3 Å². The summed E-state index contributed by atoms with van der Waals surface area (Å²) in [6, 6.07) is 4.46. The molecule has 1 aromatic carbocycles. The molecule has 0 amide bonds. The zero-order valence-corrected chi connectivity index (χ0v) is 11.8. The van der Waals surface area contributed by atoms with Gasteiger partial charge in [0.05, 0.1) is 23.6 Å². The van der Waals surface area contributed by atoms with Gasteiger partial charge in [-0.3, -0.25) is 9.36 Å². The van der Waals surface area contributed by atoms with Gasteiger partial charge in [0.15, 0.2) is 0 Å². The highest BCUT2D eigenvalue weighted by atomic mass is 16.5. The molecule has 6 nitrogen and oxygen atoms in total. The second-order valence-corrected chi connectivity index (χ2v) is 5.49. The molecule has 106 valence electrons. The number of nitrogens with one attached hydrogen (secondary N) is 1. The first-order valence-corrected chi connectivity index (χ1v) is 6.13. The number of aromatic amines is 1. The summed E-state index contributed by atoms with van der Waals surface area (Å²) in [4.78, 5) is 38.6. The van der Waals surface area contributed by atoms with Crippen LogP contribution in [0.1, 0.15) is 31.1 Å². The van der Waals surface area contributed by atoms with Crippen LogP contribution in [0.25, 0.3) is 10.9 Å². The molecule has 2 rings (SSSR count). The lowest BCUT2D eigenvalue weighted by molar-refractivity contribution is 0.0601. The summed E-state index contributed by atoms with van der Waals surface area (Å²) in [7, 11) is 1.27. The molecular formula is C14H16N2O4. The fraction of sp³-hybridized carbons (Fsp3) is 0.357. The Morgan fingerprint density at radius 1 is 1.25 bits per heavy atom. The number of carbonyl (C=O) groups excluding carboxylic acids is 1. The standard InChI is InChI=1S/C14H16N2O4/c1-14(2,3)16-11(17)9-7-8(12(18)20-4)5-6-10(9)15-13(16)19/h5-7H,1-4H3,(H,15,19). The van der Waals surface area contributed by atoms with Gasteiger partial charge < -0.3 is 9.72 Å². The highest BCUT2D eigenvalue weighted by Crippen LogP contribution is 2.13. The number of esters is 1. The average Bonchev–Trinajstić information content (AvgIpc) is 2.35. The van der Waals surface area contributed by atoms with E-state index in [1.165, 1.54) is 25.3 Å². The van der Waals surface area contributed by atoms with Gasteiger partial charge in [0, 0.05) is 5.54 Å². The van der Waals surface area contributed by atoms with Crippen LogP contribution in [0.3, 0.4) is 0 Å². The van der Waals surface area contributed by atoms with Crippen LogP contribution in [0, 0.1) is 0 Å². The molecule has 1 aromatic heterocycles. The molecular weight excluding hydrogens is 260 g/mol. The van der Waals surface area contributed by atoms with Crippen molar-refractivity contribution in [2.24, 2.45) is 0 Å². The Balaban J connectivity index is 2.85. The van der Waals surface area contributed by atoms with E-state index in [1.54, 1.807) is 20.8 Å². The minimum atomic E-state index is -0.653. The number of fused-ring (bicyclic) bond motifs is 1. The monoisotopic (exact) mass is 276 g/mol. The molecule has 1 N–H and O–H groups in total. The molecule has 0 aliphatic rings. The molecule has 0 aliphatic heterocycles. The Morgan fingerprint density at radius 3 is 2.45 bits per heavy atom. The summed E-state index contributed by atoms with van der Waals surface area (Å²) in [6.45, 7) is 5.29. The van der Waals surface area contributed by atoms with Gasteiger partial charge >= 0.3 is 11.7 Å². The number of nitrogens with zero attached hydrogens (tertiary/aromatic N) is 1. The fourth-order valence-corrected chi connectivity index (χ4v) is 2.07. The van der Waals surface area contributed by atoms with Crippen LogP contribution in [-0.4, -0.2) is 22.6 Å². The third-order valence-corrected chi connectivity index (χ3v) is 2.99. The zero-order valence-electron chi connectivity index (χ0n) is 11.8. The SMILES string of the molecule is COC(=O)c1ccc2[nH]c(=O)n(C(C)(C)C)c(=O)c2c1. The number of hydrogen-bond donors (Lipinski definition) is 1. The maximum Gasteiger partial charge on any atom is 0.337 e. The average molecular weight is 276 g/mol. The van der Waals surface area contributed by atoms with E-state index in [4.69, 9.17) is 0 Å². The van der Waals surface area contributed by atoms with E-state index < -0.39 is 22.8 Å². The Kier molecular flexibility index (Phi) is 3.25. The van der Waals surface area contributed by atoms with Crippen molar-refractivity contribution < 1.29 is 9.53 Å². The fourth-order valence-electron chi connectivity index (χ4n) is 2.07. The number of carbonyl (C=O) groups is 1. The Bertz CT molecular complexity index is 793. The van der Waals surface area contributed by atoms with Crippen molar-refractivity contribution in [1.82, 2.24) is 9.55 Å². The van der Waals surface area contributed by atoms with Crippen molar-refractivity contribution >= 4 is 16.9 Å². The number of rotatable bonds is 1. The van der Waals surface area contributed by atoms with Crippen LogP contribution < -0.4 is 11.2 Å². The molecule has 0 aliphatic carbocycles. The highest BCUT2D eigenvalue weighted by molar-refractivity contribution is 5.94. The van der Waals surface area contributed by atoms with Crippen LogP contribution in [0.4, 0.5) is 0 Å². The molecule has 0 atom stereocenters. The molecule has 0 saturated heterocycles. The summed E-state index contributed by atoms with van der Waals surface area (Å²) in [5.74, 6) is -0.528. The predicted molar refractivity (Wildman–Crippen MR) is 75.2 cm³/mol. The molecule has 0 unspecified atom stereocenters. The van der Waals surface area contributed by atoms with E-state index in [1.807, 2.05) is 0 Å². The largest absolute Gasteiger partial charge is 0.465 e. The Morgan fingerprint density at radius 2 is 1.90 bits per heavy atom. The van der Waals surface area contributed by atoms with E-state index in [0.29, 0.717) is 5.52 Å². The molecule has 0 radical (unpaired) electrons. The Hall–Kier alpha value is -2.37. The number of H-pyrrole nitrogens is 1. The molecule has 0 saturated carbocycles. The zero-order chi connectivity index (χ0) is 15.1. The molecule has 0 spiro atoms. The molecule has 0 fully saturated rings. The molecule has 2 aromatic rings. The lowest BCUT2D eigenvalue weighted by Gasteiger charge is -2.21. The molecule has 0 bridgehead atoms. The van der Waals surface area contributed by atoms with Crippen molar-refractivity contribution in [1.29, 1.82) is 0 Å². The molecule has 1 heterocycles. The molecule has 6 heteroatoms. The maximum atomic E-state index is 12.4. The maximum absolute atomic E-state index is 12.4. The summed E-state index contributed by atoms with van der Waals surface area (Å²) in [5.41, 5.74) is -0.888. The highest BCUT2D eigenvalue weighted by Gasteiger charge is 2.20. The van der Waals surface area contributed by atoms with Crippen molar-refractivity contribution in [3.8, 4) is 0 Å². The minimum Gasteiger partial charge on any atom is -0.465 e. The van der Waals surface area contributed by atoms with Gasteiger partial charge in [-0.2, -0.15) is 0 Å².